The maximum Gasteiger partial charge on any atom is 0.490 e. The van der Waals surface area contributed by atoms with Gasteiger partial charge in [-0.15, -0.1) is 5.10 Å². The first-order chi connectivity index (χ1) is 16.0. The fourth-order valence-electron chi connectivity index (χ4n) is 3.47. The number of amides is 1. The quantitative estimate of drug-likeness (QED) is 0.515. The molecule has 1 aromatic heterocycles. The maximum absolute atomic E-state index is 12.7. The molecule has 180 valence electrons. The van der Waals surface area contributed by atoms with Crippen LogP contribution in [0.5, 0.6) is 0 Å². The average Bonchev–Trinajstić information content (AvgIpc) is 3.22. The van der Waals surface area contributed by atoms with Crippen molar-refractivity contribution in [2.24, 2.45) is 11.7 Å². The molecule has 0 saturated heterocycles. The van der Waals surface area contributed by atoms with E-state index < -0.39 is 12.1 Å². The number of aryl methyl sites for hydroxylation is 1. The van der Waals surface area contributed by atoms with E-state index in [9.17, 15) is 18.0 Å². The van der Waals surface area contributed by atoms with Gasteiger partial charge in [-0.1, -0.05) is 35.5 Å². The number of carboxylic acid groups (broad SMARTS) is 1. The topological polar surface area (TPSA) is 123 Å². The normalized spacial score (nSPS) is 17.2. The lowest BCUT2D eigenvalue weighted by Gasteiger charge is -2.31. The van der Waals surface area contributed by atoms with Gasteiger partial charge >= 0.3 is 12.1 Å². The van der Waals surface area contributed by atoms with Crippen molar-refractivity contribution in [3.63, 3.8) is 0 Å². The van der Waals surface area contributed by atoms with E-state index in [2.05, 4.69) is 15.6 Å². The van der Waals surface area contributed by atoms with E-state index in [-0.39, 0.29) is 5.91 Å². The number of anilines is 1. The maximum atomic E-state index is 12.7. The molecule has 8 nitrogen and oxygen atoms in total. The third-order valence-corrected chi connectivity index (χ3v) is 5.31. The van der Waals surface area contributed by atoms with E-state index in [0.29, 0.717) is 17.5 Å². The van der Waals surface area contributed by atoms with Gasteiger partial charge in [0.25, 0.3) is 5.91 Å². The Morgan fingerprint density at radius 2 is 1.82 bits per heavy atom. The Labute approximate surface area is 193 Å². The molecule has 1 aliphatic rings. The van der Waals surface area contributed by atoms with Crippen molar-refractivity contribution in [2.75, 3.05) is 5.32 Å². The van der Waals surface area contributed by atoms with Crippen molar-refractivity contribution in [2.45, 2.75) is 38.5 Å². The first kappa shape index (κ1) is 24.9. The van der Waals surface area contributed by atoms with Gasteiger partial charge in [0.2, 0.25) is 0 Å². The van der Waals surface area contributed by atoms with Crippen molar-refractivity contribution in [3.8, 4) is 11.3 Å². The zero-order valence-electron chi connectivity index (χ0n) is 18.3. The molecule has 0 radical (unpaired) electrons. The highest BCUT2D eigenvalue weighted by Gasteiger charge is 2.38. The van der Waals surface area contributed by atoms with Crippen LogP contribution in [0, 0.1) is 12.8 Å². The molecule has 0 atom stereocenters. The Bertz CT molecular complexity index is 1140. The van der Waals surface area contributed by atoms with Gasteiger partial charge in [0.05, 0.1) is 6.20 Å². The molecule has 1 heterocycles. The predicted octanol–water partition coefficient (Wildman–Crippen LogP) is 3.88. The number of hydrogen-bond acceptors (Lipinski definition) is 5. The van der Waals surface area contributed by atoms with Crippen LogP contribution in [0.4, 0.5) is 18.9 Å². The standard InChI is InChI=1S/C21H23N5O.C2HF3O2/c1-14-7-8-16(11-19(14)21(27)23-18-5-3-2-4-6-18)20-13-26(25-24-20)12-15-9-17(22)10-15;3-2(4,5)1(6)7/h2-8,11,13,15,17H,9-10,12,22H2,1H3,(H,23,27);(H,6,7). The Balaban J connectivity index is 0.000000406. The zero-order valence-corrected chi connectivity index (χ0v) is 18.3. The fraction of sp³-hybridized carbons (Fsp3) is 0.304. The number of para-hydroxylation sites is 1. The van der Waals surface area contributed by atoms with Crippen LogP contribution in [-0.2, 0) is 11.3 Å². The van der Waals surface area contributed by atoms with Crippen molar-refractivity contribution in [3.05, 3.63) is 65.9 Å². The summed E-state index contributed by atoms with van der Waals surface area (Å²) in [6.45, 7) is 2.77. The van der Waals surface area contributed by atoms with Crippen molar-refractivity contribution in [1.82, 2.24) is 15.0 Å². The summed E-state index contributed by atoms with van der Waals surface area (Å²) in [5.74, 6) is -2.30. The number of rotatable bonds is 5. The lowest BCUT2D eigenvalue weighted by atomic mass is 9.81. The summed E-state index contributed by atoms with van der Waals surface area (Å²) in [6.07, 6.45) is -1.06. The molecule has 4 rings (SSSR count). The largest absolute Gasteiger partial charge is 0.490 e. The van der Waals surface area contributed by atoms with Crippen molar-refractivity contribution < 1.29 is 27.9 Å². The van der Waals surface area contributed by atoms with E-state index in [1.165, 1.54) is 0 Å². The van der Waals surface area contributed by atoms with Crippen LogP contribution in [0.3, 0.4) is 0 Å². The van der Waals surface area contributed by atoms with Crippen LogP contribution in [0.2, 0.25) is 0 Å². The van der Waals surface area contributed by atoms with Crippen LogP contribution in [0.25, 0.3) is 11.3 Å². The summed E-state index contributed by atoms with van der Waals surface area (Å²) in [5.41, 5.74) is 9.83. The van der Waals surface area contributed by atoms with Gasteiger partial charge in [-0.2, -0.15) is 13.2 Å². The molecule has 2 aromatic carbocycles. The molecule has 1 amide bonds. The number of carbonyl (C=O) groups excluding carboxylic acids is 1. The highest BCUT2D eigenvalue weighted by Crippen LogP contribution is 2.27. The average molecular weight is 475 g/mol. The minimum Gasteiger partial charge on any atom is -0.475 e. The van der Waals surface area contributed by atoms with Crippen LogP contribution in [0.15, 0.2) is 54.7 Å². The van der Waals surface area contributed by atoms with Crippen LogP contribution in [0.1, 0.15) is 28.8 Å². The molecule has 4 N–H and O–H groups in total. The Morgan fingerprint density at radius 1 is 1.18 bits per heavy atom. The van der Waals surface area contributed by atoms with Gasteiger partial charge in [0.15, 0.2) is 0 Å². The minimum atomic E-state index is -5.08. The smallest absolute Gasteiger partial charge is 0.475 e. The number of aromatic nitrogens is 3. The Kier molecular flexibility index (Phi) is 7.67. The van der Waals surface area contributed by atoms with E-state index in [4.69, 9.17) is 15.6 Å². The third-order valence-electron chi connectivity index (χ3n) is 5.31. The van der Waals surface area contributed by atoms with Gasteiger partial charge < -0.3 is 16.2 Å². The summed E-state index contributed by atoms with van der Waals surface area (Å²) in [5, 5.41) is 18.6. The molecule has 11 heteroatoms. The van der Waals surface area contributed by atoms with Gasteiger partial charge in [-0.25, -0.2) is 4.79 Å². The van der Waals surface area contributed by atoms with Gasteiger partial charge in [0.1, 0.15) is 5.69 Å². The molecule has 1 aliphatic carbocycles. The molecule has 0 aliphatic heterocycles. The lowest BCUT2D eigenvalue weighted by Crippen LogP contribution is -2.38. The second-order valence-corrected chi connectivity index (χ2v) is 8.08. The summed E-state index contributed by atoms with van der Waals surface area (Å²) in [4.78, 5) is 21.6. The number of nitrogens with one attached hydrogen (secondary N) is 1. The van der Waals surface area contributed by atoms with Crippen molar-refractivity contribution in [1.29, 1.82) is 0 Å². The highest BCUT2D eigenvalue weighted by molar-refractivity contribution is 6.05. The molecule has 0 spiro atoms. The fourth-order valence-corrected chi connectivity index (χ4v) is 3.47. The van der Waals surface area contributed by atoms with Crippen LogP contribution in [-0.4, -0.2) is 44.2 Å². The van der Waals surface area contributed by atoms with E-state index in [1.54, 1.807) is 0 Å². The van der Waals surface area contributed by atoms with Crippen LogP contribution < -0.4 is 11.1 Å². The van der Waals surface area contributed by atoms with Gasteiger partial charge in [-0.05, 0) is 49.4 Å². The van der Waals surface area contributed by atoms with Crippen LogP contribution >= 0.6 is 0 Å². The number of benzene rings is 2. The molecule has 0 bridgehead atoms. The second kappa shape index (κ2) is 10.5. The van der Waals surface area contributed by atoms with E-state index in [0.717, 1.165) is 41.9 Å². The summed E-state index contributed by atoms with van der Waals surface area (Å²) >= 11 is 0. The number of nitrogens with zero attached hydrogens (tertiary/aromatic N) is 3. The number of aliphatic carboxylic acids is 1. The summed E-state index contributed by atoms with van der Waals surface area (Å²) < 4.78 is 33.6. The molecule has 1 saturated carbocycles. The molecule has 3 aromatic rings. The number of carboxylic acids is 1. The van der Waals surface area contributed by atoms with Gasteiger partial charge in [-0.3, -0.25) is 9.48 Å². The number of nitrogens with two attached hydrogens (primary N) is 1. The molecule has 34 heavy (non-hydrogen) atoms. The molecular formula is C23H24F3N5O3. The molecular weight excluding hydrogens is 451 g/mol. The predicted molar refractivity (Wildman–Crippen MR) is 119 cm³/mol. The number of alkyl halides is 3. The molecule has 0 unspecified atom stereocenters. The zero-order chi connectivity index (χ0) is 24.9. The van der Waals surface area contributed by atoms with Gasteiger partial charge in [0, 0.05) is 29.4 Å². The first-order valence-electron chi connectivity index (χ1n) is 10.5. The lowest BCUT2D eigenvalue weighted by molar-refractivity contribution is -0.192. The SMILES string of the molecule is Cc1ccc(-c2cn(CC3CC(N)C3)nn2)cc1C(=O)Nc1ccccc1.O=C(O)C(F)(F)F. The molecule has 1 fully saturated rings. The Hall–Kier alpha value is -3.73. The summed E-state index contributed by atoms with van der Waals surface area (Å²) in [6, 6.07) is 15.6. The first-order valence-corrected chi connectivity index (χ1v) is 10.5. The number of hydrogen-bond donors (Lipinski definition) is 3. The summed E-state index contributed by atoms with van der Waals surface area (Å²) in [7, 11) is 0. The third kappa shape index (κ3) is 6.64. The van der Waals surface area contributed by atoms with E-state index >= 15 is 0 Å². The highest BCUT2D eigenvalue weighted by atomic mass is 19.4. The number of carbonyl (C=O) groups is 2. The van der Waals surface area contributed by atoms with E-state index in [1.807, 2.05) is 66.3 Å². The second-order valence-electron chi connectivity index (χ2n) is 8.08. The van der Waals surface area contributed by atoms with Crippen molar-refractivity contribution >= 4 is 17.6 Å². The monoisotopic (exact) mass is 475 g/mol. The number of halogens is 3. The minimum absolute atomic E-state index is 0.128. The Morgan fingerprint density at radius 3 is 2.41 bits per heavy atom.